The third kappa shape index (κ3) is 2.87. The van der Waals surface area contributed by atoms with Gasteiger partial charge >= 0.3 is 0 Å². The zero-order valence-corrected chi connectivity index (χ0v) is 13.0. The highest BCUT2D eigenvalue weighted by molar-refractivity contribution is 5.82. The third-order valence-corrected chi connectivity index (χ3v) is 3.95. The van der Waals surface area contributed by atoms with Crippen LogP contribution in [0.3, 0.4) is 0 Å². The normalized spacial score (nSPS) is 24.9. The van der Waals surface area contributed by atoms with E-state index in [1.807, 2.05) is 4.90 Å². The summed E-state index contributed by atoms with van der Waals surface area (Å²) in [5.41, 5.74) is 15.2. The van der Waals surface area contributed by atoms with Crippen LogP contribution in [0.15, 0.2) is 17.8 Å². The molecule has 0 amide bonds. The summed E-state index contributed by atoms with van der Waals surface area (Å²) in [6, 6.07) is -0.424. The predicted octanol–water partition coefficient (Wildman–Crippen LogP) is 0.632. The van der Waals surface area contributed by atoms with Crippen molar-refractivity contribution in [3.8, 4) is 0 Å². The minimum Gasteiger partial charge on any atom is -0.394 e. The van der Waals surface area contributed by atoms with Gasteiger partial charge in [0.15, 0.2) is 11.6 Å². The van der Waals surface area contributed by atoms with E-state index >= 15 is 0 Å². The molecule has 0 radical (unpaired) electrons. The van der Waals surface area contributed by atoms with E-state index in [1.165, 1.54) is 0 Å². The average molecular weight is 333 g/mol. The van der Waals surface area contributed by atoms with Crippen LogP contribution in [0.25, 0.3) is 10.4 Å². The summed E-state index contributed by atoms with van der Waals surface area (Å²) >= 11 is 0. The smallest absolute Gasteiger partial charge is 0.224 e. The van der Waals surface area contributed by atoms with Crippen molar-refractivity contribution in [1.29, 1.82) is 0 Å². The van der Waals surface area contributed by atoms with Gasteiger partial charge in [0.25, 0.3) is 0 Å². The molecule has 1 saturated heterocycles. The molecule has 1 aromatic rings. The van der Waals surface area contributed by atoms with Crippen LogP contribution in [-0.4, -0.2) is 53.3 Å². The van der Waals surface area contributed by atoms with Crippen LogP contribution >= 0.6 is 0 Å². The maximum atomic E-state index is 9.40. The molecule has 3 heterocycles. The first-order valence-corrected chi connectivity index (χ1v) is 7.51. The zero-order valence-electron chi connectivity index (χ0n) is 13.0. The van der Waals surface area contributed by atoms with Gasteiger partial charge in [0.1, 0.15) is 11.9 Å². The number of hydrogen-bond donors (Lipinski definition) is 4. The van der Waals surface area contributed by atoms with Gasteiger partial charge in [-0.25, -0.2) is 0 Å². The number of aliphatic hydroxyl groups excluding tert-OH is 1. The molecule has 11 heteroatoms. The van der Waals surface area contributed by atoms with Crippen LogP contribution in [0.4, 0.5) is 23.3 Å². The summed E-state index contributed by atoms with van der Waals surface area (Å²) in [4.78, 5) is 13.2. The molecule has 1 aromatic heterocycles. The second-order valence-electron chi connectivity index (χ2n) is 5.42. The number of azide groups is 1. The molecule has 2 aliphatic heterocycles. The number of nitrogens with two attached hydrogens (primary N) is 1. The lowest BCUT2D eigenvalue weighted by molar-refractivity contribution is 0.00773. The van der Waals surface area contributed by atoms with E-state index in [9.17, 15) is 5.11 Å². The number of aliphatic hydroxyl groups is 1. The van der Waals surface area contributed by atoms with Crippen molar-refractivity contribution in [2.75, 3.05) is 41.1 Å². The highest BCUT2D eigenvalue weighted by atomic mass is 16.5. The molecule has 3 unspecified atom stereocenters. The summed E-state index contributed by atoms with van der Waals surface area (Å²) in [6.45, 7) is 4.43. The summed E-state index contributed by atoms with van der Waals surface area (Å²) in [7, 11) is 0. The maximum Gasteiger partial charge on any atom is 0.224 e. The fourth-order valence-corrected chi connectivity index (χ4v) is 2.87. The molecule has 5 N–H and O–H groups in total. The van der Waals surface area contributed by atoms with Gasteiger partial charge in [0, 0.05) is 17.9 Å². The molecule has 128 valence electrons. The average Bonchev–Trinajstić information content (AvgIpc) is 3.16. The van der Waals surface area contributed by atoms with Gasteiger partial charge in [-0.3, -0.25) is 0 Å². The number of ether oxygens (including phenoxy) is 1. The van der Waals surface area contributed by atoms with Crippen LogP contribution in [0.5, 0.6) is 0 Å². The Morgan fingerprint density at radius 2 is 2.46 bits per heavy atom. The molecule has 3 atom stereocenters. The summed E-state index contributed by atoms with van der Waals surface area (Å²) in [6.07, 6.45) is 1.25. The molecule has 1 fully saturated rings. The topological polar surface area (TPSA) is 157 Å². The highest BCUT2D eigenvalue weighted by Crippen LogP contribution is 2.39. The van der Waals surface area contributed by atoms with E-state index < -0.39 is 12.1 Å². The Morgan fingerprint density at radius 1 is 1.62 bits per heavy atom. The molecular weight excluding hydrogens is 314 g/mol. The third-order valence-electron chi connectivity index (χ3n) is 3.95. The second kappa shape index (κ2) is 6.79. The number of hydrogen-bond acceptors (Lipinski definition) is 9. The number of fused-ring (bicyclic) bond motifs is 1. The number of aromatic nitrogens is 2. The van der Waals surface area contributed by atoms with Crippen LogP contribution in [0.2, 0.25) is 0 Å². The Bertz CT molecular complexity index is 676. The first kappa shape index (κ1) is 16.1. The Morgan fingerprint density at radius 3 is 3.17 bits per heavy atom. The number of anilines is 4. The van der Waals surface area contributed by atoms with Crippen molar-refractivity contribution in [1.82, 2.24) is 9.97 Å². The molecule has 3 rings (SSSR count). The lowest BCUT2D eigenvalue weighted by Crippen LogP contribution is -2.36. The SMILES string of the molecule is C=CCNc1nc(N)nc2c1NCN2C1CC(N=[N+]=[N-])C(CO)O1. The van der Waals surface area contributed by atoms with Gasteiger partial charge in [-0.2, -0.15) is 9.97 Å². The number of rotatable bonds is 6. The molecule has 0 saturated carbocycles. The Hall–Kier alpha value is -2.75. The van der Waals surface area contributed by atoms with Gasteiger partial charge < -0.3 is 31.1 Å². The van der Waals surface area contributed by atoms with Gasteiger partial charge in [-0.1, -0.05) is 11.2 Å². The van der Waals surface area contributed by atoms with Crippen molar-refractivity contribution in [2.45, 2.75) is 24.8 Å². The number of nitrogens with zero attached hydrogens (tertiary/aromatic N) is 6. The molecular formula is C13H19N9O2. The van der Waals surface area contributed by atoms with E-state index in [2.05, 4.69) is 37.2 Å². The van der Waals surface area contributed by atoms with E-state index in [0.29, 0.717) is 31.3 Å². The molecule has 0 aromatic carbocycles. The fourth-order valence-electron chi connectivity index (χ4n) is 2.87. The number of nitrogens with one attached hydrogen (secondary N) is 2. The summed E-state index contributed by atoms with van der Waals surface area (Å²) < 4.78 is 5.81. The van der Waals surface area contributed by atoms with Crippen molar-refractivity contribution in [3.63, 3.8) is 0 Å². The van der Waals surface area contributed by atoms with Crippen molar-refractivity contribution >= 4 is 23.3 Å². The lowest BCUT2D eigenvalue weighted by atomic mass is 10.1. The van der Waals surface area contributed by atoms with E-state index in [-0.39, 0.29) is 18.8 Å². The fraction of sp³-hybridized carbons (Fsp3) is 0.538. The molecule has 2 aliphatic rings. The maximum absolute atomic E-state index is 9.40. The Balaban J connectivity index is 1.85. The highest BCUT2D eigenvalue weighted by Gasteiger charge is 2.40. The van der Waals surface area contributed by atoms with Gasteiger partial charge in [-0.15, -0.1) is 6.58 Å². The van der Waals surface area contributed by atoms with Crippen molar-refractivity contribution < 1.29 is 9.84 Å². The summed E-state index contributed by atoms with van der Waals surface area (Å²) in [5, 5.41) is 19.4. The standard InChI is InChI=1S/C13H19N9O2/c1-2-3-16-11-10-12(19-13(14)18-11)22(6-17-10)9-4-7(20-21-15)8(5-23)24-9/h2,7-9,17,23H,1,3-6H2,(H3,14,16,18,19). The van der Waals surface area contributed by atoms with Gasteiger partial charge in [-0.05, 0) is 5.53 Å². The van der Waals surface area contributed by atoms with Crippen LogP contribution in [0.1, 0.15) is 6.42 Å². The van der Waals surface area contributed by atoms with E-state index in [4.69, 9.17) is 16.0 Å². The minimum absolute atomic E-state index is 0.136. The molecule has 0 spiro atoms. The van der Waals surface area contributed by atoms with Crippen LogP contribution in [0, 0.1) is 0 Å². The quantitative estimate of drug-likeness (QED) is 0.255. The lowest BCUT2D eigenvalue weighted by Gasteiger charge is -2.24. The second-order valence-corrected chi connectivity index (χ2v) is 5.42. The largest absolute Gasteiger partial charge is 0.394 e. The molecule has 0 bridgehead atoms. The zero-order chi connectivity index (χ0) is 17.1. The van der Waals surface area contributed by atoms with Gasteiger partial charge in [0.2, 0.25) is 5.95 Å². The molecule has 11 nitrogen and oxygen atoms in total. The Labute approximate surface area is 138 Å². The number of nitrogen functional groups attached to an aromatic ring is 1. The first-order valence-electron chi connectivity index (χ1n) is 7.51. The van der Waals surface area contributed by atoms with E-state index in [1.54, 1.807) is 6.08 Å². The monoisotopic (exact) mass is 333 g/mol. The minimum atomic E-state index is -0.535. The molecule has 24 heavy (non-hydrogen) atoms. The predicted molar refractivity (Wildman–Crippen MR) is 89.4 cm³/mol. The van der Waals surface area contributed by atoms with E-state index in [0.717, 1.165) is 5.69 Å². The first-order chi connectivity index (χ1) is 11.7. The summed E-state index contributed by atoms with van der Waals surface area (Å²) in [5.74, 6) is 1.33. The van der Waals surface area contributed by atoms with Crippen molar-refractivity contribution in [3.05, 3.63) is 23.1 Å². The van der Waals surface area contributed by atoms with Gasteiger partial charge in [0.05, 0.1) is 25.4 Å². The Kier molecular flexibility index (Phi) is 4.56. The van der Waals surface area contributed by atoms with Crippen LogP contribution < -0.4 is 21.3 Å². The van der Waals surface area contributed by atoms with Crippen molar-refractivity contribution in [2.24, 2.45) is 5.11 Å². The van der Waals surface area contributed by atoms with Crippen LogP contribution in [-0.2, 0) is 4.74 Å². The molecule has 0 aliphatic carbocycles.